The molecule has 1 unspecified atom stereocenters. The average molecular weight is 529 g/mol. The van der Waals surface area contributed by atoms with Crippen molar-refractivity contribution in [3.8, 4) is 11.5 Å². The topological polar surface area (TPSA) is 72.0 Å². The van der Waals surface area contributed by atoms with Crippen LogP contribution < -0.4 is 20.1 Å². The number of nitrogens with one attached hydrogen (secondary N) is 2. The van der Waals surface area contributed by atoms with Gasteiger partial charge in [0.25, 0.3) is 0 Å². The number of hydrogen-bond acceptors (Lipinski definition) is 4. The van der Waals surface area contributed by atoms with E-state index < -0.39 is 10.8 Å². The fourth-order valence-electron chi connectivity index (χ4n) is 2.78. The van der Waals surface area contributed by atoms with E-state index in [9.17, 15) is 4.21 Å². The van der Waals surface area contributed by atoms with Gasteiger partial charge in [-0.2, -0.15) is 0 Å². The van der Waals surface area contributed by atoms with Crippen molar-refractivity contribution in [3.05, 3.63) is 54.1 Å². The summed E-state index contributed by atoms with van der Waals surface area (Å²) in [6.07, 6.45) is 0.877. The van der Waals surface area contributed by atoms with E-state index in [-0.39, 0.29) is 24.0 Å². The van der Waals surface area contributed by atoms with Gasteiger partial charge in [0.1, 0.15) is 0 Å². The highest BCUT2D eigenvalue weighted by Crippen LogP contribution is 2.32. The molecule has 1 aliphatic rings. The first-order chi connectivity index (χ1) is 13.7. The zero-order chi connectivity index (χ0) is 19.6. The van der Waals surface area contributed by atoms with Crippen molar-refractivity contribution in [1.29, 1.82) is 0 Å². The van der Waals surface area contributed by atoms with Gasteiger partial charge in [0, 0.05) is 47.0 Å². The number of guanidine groups is 1. The molecule has 0 saturated carbocycles. The van der Waals surface area contributed by atoms with Crippen LogP contribution in [0.25, 0.3) is 0 Å². The van der Waals surface area contributed by atoms with Crippen LogP contribution in [-0.4, -0.2) is 42.2 Å². The van der Waals surface area contributed by atoms with Crippen molar-refractivity contribution in [2.45, 2.75) is 19.1 Å². The van der Waals surface area contributed by atoms with Crippen LogP contribution in [0.4, 0.5) is 5.69 Å². The summed E-state index contributed by atoms with van der Waals surface area (Å²) in [4.78, 5) is 4.55. The van der Waals surface area contributed by atoms with Gasteiger partial charge in [-0.1, -0.05) is 30.3 Å². The second-order valence-corrected chi connectivity index (χ2v) is 7.95. The number of nitrogens with zero attached hydrogens (tertiary/aromatic N) is 1. The molecule has 2 aromatic carbocycles. The van der Waals surface area contributed by atoms with E-state index in [1.807, 2.05) is 55.5 Å². The predicted octanol–water partition coefficient (Wildman–Crippen LogP) is 3.79. The molecule has 1 heterocycles. The number of ether oxygens (including phenoxy) is 2. The van der Waals surface area contributed by atoms with E-state index in [4.69, 9.17) is 9.47 Å². The largest absolute Gasteiger partial charge is 0.490 e. The molecule has 29 heavy (non-hydrogen) atoms. The number of rotatable bonds is 7. The van der Waals surface area contributed by atoms with Crippen LogP contribution in [0.15, 0.2) is 53.5 Å². The van der Waals surface area contributed by atoms with E-state index >= 15 is 0 Å². The molecule has 0 bridgehead atoms. The summed E-state index contributed by atoms with van der Waals surface area (Å²) in [6, 6.07) is 15.6. The van der Waals surface area contributed by atoms with Crippen LogP contribution in [0.2, 0.25) is 0 Å². The van der Waals surface area contributed by atoms with E-state index in [2.05, 4.69) is 15.6 Å². The Morgan fingerprint density at radius 1 is 1.10 bits per heavy atom. The molecular formula is C21H28IN3O3S. The van der Waals surface area contributed by atoms with Crippen LogP contribution in [-0.2, 0) is 16.6 Å². The van der Waals surface area contributed by atoms with Crippen LogP contribution in [0.5, 0.6) is 11.5 Å². The lowest BCUT2D eigenvalue weighted by atomic mass is 10.2. The molecule has 1 atom stereocenters. The average Bonchev–Trinajstić information content (AvgIpc) is 2.94. The van der Waals surface area contributed by atoms with E-state index in [1.165, 1.54) is 0 Å². The van der Waals surface area contributed by atoms with Crippen molar-refractivity contribution in [2.75, 3.05) is 37.4 Å². The highest BCUT2D eigenvalue weighted by Gasteiger charge is 2.11. The van der Waals surface area contributed by atoms with Crippen LogP contribution in [0.1, 0.15) is 18.9 Å². The number of fused-ring (bicyclic) bond motifs is 1. The molecule has 158 valence electrons. The molecule has 0 aliphatic carbocycles. The summed E-state index contributed by atoms with van der Waals surface area (Å²) in [5.74, 6) is 3.24. The molecule has 0 aromatic heterocycles. The van der Waals surface area contributed by atoms with Gasteiger partial charge >= 0.3 is 0 Å². The van der Waals surface area contributed by atoms with Gasteiger partial charge in [-0.15, -0.1) is 24.0 Å². The zero-order valence-electron chi connectivity index (χ0n) is 16.6. The third kappa shape index (κ3) is 7.85. The first kappa shape index (κ1) is 23.5. The first-order valence-corrected chi connectivity index (χ1v) is 11.1. The Hall–Kier alpha value is -1.81. The van der Waals surface area contributed by atoms with Crippen molar-refractivity contribution in [2.24, 2.45) is 4.99 Å². The molecule has 8 heteroatoms. The number of hydrogen-bond donors (Lipinski definition) is 2. The highest BCUT2D eigenvalue weighted by atomic mass is 127. The molecular weight excluding hydrogens is 501 g/mol. The first-order valence-electron chi connectivity index (χ1n) is 9.58. The van der Waals surface area contributed by atoms with E-state index in [0.29, 0.717) is 37.2 Å². The van der Waals surface area contributed by atoms with Gasteiger partial charge in [-0.3, -0.25) is 9.20 Å². The van der Waals surface area contributed by atoms with Crippen LogP contribution >= 0.6 is 24.0 Å². The van der Waals surface area contributed by atoms with Crippen molar-refractivity contribution in [1.82, 2.24) is 5.32 Å². The quantitative estimate of drug-likeness (QED) is 0.325. The smallest absolute Gasteiger partial charge is 0.195 e. The molecule has 0 spiro atoms. The summed E-state index contributed by atoms with van der Waals surface area (Å²) in [5, 5.41) is 6.49. The molecule has 2 N–H and O–H groups in total. The van der Waals surface area contributed by atoms with Gasteiger partial charge in [0.2, 0.25) is 0 Å². The summed E-state index contributed by atoms with van der Waals surface area (Å²) in [6.45, 7) is 4.56. The highest BCUT2D eigenvalue weighted by molar-refractivity contribution is 14.0. The van der Waals surface area contributed by atoms with Gasteiger partial charge in [0.15, 0.2) is 17.5 Å². The Morgan fingerprint density at radius 2 is 1.86 bits per heavy atom. The lowest BCUT2D eigenvalue weighted by Crippen LogP contribution is -2.31. The molecule has 2 aromatic rings. The minimum atomic E-state index is -0.941. The minimum absolute atomic E-state index is 0. The second-order valence-electron chi connectivity index (χ2n) is 6.37. The maximum Gasteiger partial charge on any atom is 0.195 e. The third-order valence-electron chi connectivity index (χ3n) is 4.11. The second kappa shape index (κ2) is 12.7. The molecule has 3 rings (SSSR count). The fraction of sp³-hybridized carbons (Fsp3) is 0.381. The Morgan fingerprint density at radius 3 is 2.62 bits per heavy atom. The zero-order valence-corrected chi connectivity index (χ0v) is 19.7. The Labute approximate surface area is 192 Å². The van der Waals surface area contributed by atoms with Gasteiger partial charge < -0.3 is 20.1 Å². The van der Waals surface area contributed by atoms with Crippen LogP contribution in [0.3, 0.4) is 0 Å². The van der Waals surface area contributed by atoms with Gasteiger partial charge in [-0.25, -0.2) is 0 Å². The fourth-order valence-corrected chi connectivity index (χ4v) is 3.78. The Bertz CT molecular complexity index is 818. The number of benzene rings is 2. The van der Waals surface area contributed by atoms with Crippen molar-refractivity contribution < 1.29 is 13.7 Å². The number of aliphatic imine (C=N–C) groups is 1. The van der Waals surface area contributed by atoms with Crippen molar-refractivity contribution in [3.63, 3.8) is 0 Å². The SMILES string of the molecule is CCNC(=NCCS(=O)Cc1ccccc1)Nc1ccc2c(c1)OCCCO2.I. The van der Waals surface area contributed by atoms with Crippen molar-refractivity contribution >= 4 is 46.4 Å². The predicted molar refractivity (Wildman–Crippen MR) is 130 cm³/mol. The van der Waals surface area contributed by atoms with Crippen LogP contribution in [0, 0.1) is 0 Å². The molecule has 1 aliphatic heterocycles. The number of anilines is 1. The lowest BCUT2D eigenvalue weighted by Gasteiger charge is -2.13. The van der Waals surface area contributed by atoms with Gasteiger partial charge in [0.05, 0.1) is 19.8 Å². The maximum absolute atomic E-state index is 12.3. The third-order valence-corrected chi connectivity index (χ3v) is 5.41. The standard InChI is InChI=1S/C21H27N3O3S.HI/c1-2-22-21(23-11-14-28(25)16-17-7-4-3-5-8-17)24-18-9-10-19-20(15-18)27-13-6-12-26-19;/h3-5,7-10,15H,2,6,11-14,16H2,1H3,(H2,22,23,24);1H. The summed E-state index contributed by atoms with van der Waals surface area (Å²) in [5.41, 5.74) is 1.95. The Balaban J connectivity index is 0.00000300. The molecule has 0 fully saturated rings. The molecule has 0 saturated heterocycles. The molecule has 0 amide bonds. The van der Waals surface area contributed by atoms with Gasteiger partial charge in [-0.05, 0) is 24.6 Å². The maximum atomic E-state index is 12.3. The minimum Gasteiger partial charge on any atom is -0.490 e. The van der Waals surface area contributed by atoms with E-state index in [1.54, 1.807) is 0 Å². The summed E-state index contributed by atoms with van der Waals surface area (Å²) >= 11 is 0. The summed E-state index contributed by atoms with van der Waals surface area (Å²) in [7, 11) is -0.941. The lowest BCUT2D eigenvalue weighted by molar-refractivity contribution is 0.297. The normalized spacial score (nSPS) is 14.3. The van der Waals surface area contributed by atoms with E-state index in [0.717, 1.165) is 35.7 Å². The molecule has 0 radical (unpaired) electrons. The Kier molecular flexibility index (Phi) is 10.3. The number of halogens is 1. The summed E-state index contributed by atoms with van der Waals surface area (Å²) < 4.78 is 23.7. The monoisotopic (exact) mass is 529 g/mol. The molecule has 6 nitrogen and oxygen atoms in total.